The molecule has 0 saturated heterocycles. The summed E-state index contributed by atoms with van der Waals surface area (Å²) in [4.78, 5) is 12.3. The van der Waals surface area contributed by atoms with Crippen LogP contribution < -0.4 is 4.74 Å². The number of ether oxygens (including phenoxy) is 2. The van der Waals surface area contributed by atoms with Crippen LogP contribution in [0.4, 0.5) is 0 Å². The summed E-state index contributed by atoms with van der Waals surface area (Å²) in [5.41, 5.74) is 5.36. The monoisotopic (exact) mass is 523 g/mol. The highest BCUT2D eigenvalue weighted by Gasteiger charge is 2.16. The average molecular weight is 525 g/mol. The van der Waals surface area contributed by atoms with Gasteiger partial charge < -0.3 is 14.0 Å². The molecule has 0 spiro atoms. The second kappa shape index (κ2) is 10.3. The van der Waals surface area contributed by atoms with Gasteiger partial charge in [-0.2, -0.15) is 0 Å². The minimum absolute atomic E-state index is 0.333. The summed E-state index contributed by atoms with van der Waals surface area (Å²) in [7, 11) is 0. The fourth-order valence-electron chi connectivity index (χ4n) is 3.65. The van der Waals surface area contributed by atoms with Gasteiger partial charge in [0.1, 0.15) is 12.4 Å². The number of halogens is 2. The number of benzene rings is 3. The van der Waals surface area contributed by atoms with Crippen molar-refractivity contribution >= 4 is 33.5 Å². The molecule has 1 aromatic heterocycles. The molecular weight excluding hydrogens is 502 g/mol. The molecule has 4 rings (SSSR count). The number of esters is 1. The van der Waals surface area contributed by atoms with E-state index >= 15 is 0 Å². The van der Waals surface area contributed by atoms with E-state index < -0.39 is 0 Å². The maximum Gasteiger partial charge on any atom is 0.338 e. The largest absolute Gasteiger partial charge is 0.488 e. The molecule has 0 aliphatic rings. The second-order valence-corrected chi connectivity index (χ2v) is 8.87. The Labute approximate surface area is 206 Å². The Bertz CT molecular complexity index is 1280. The summed E-state index contributed by atoms with van der Waals surface area (Å²) in [6, 6.07) is 25.1. The first kappa shape index (κ1) is 23.1. The van der Waals surface area contributed by atoms with E-state index in [9.17, 15) is 4.79 Å². The lowest BCUT2D eigenvalue weighted by Crippen LogP contribution is -2.07. The molecule has 0 atom stereocenters. The number of aryl methyl sites for hydroxylation is 1. The van der Waals surface area contributed by atoms with Crippen LogP contribution in [-0.4, -0.2) is 17.1 Å². The fourth-order valence-corrected chi connectivity index (χ4v) is 4.13. The Kier molecular flexibility index (Phi) is 7.21. The van der Waals surface area contributed by atoms with E-state index in [0.717, 1.165) is 38.4 Å². The van der Waals surface area contributed by atoms with Crippen LogP contribution >= 0.6 is 27.5 Å². The predicted octanol–water partition coefficient (Wildman–Crippen LogP) is 7.62. The highest BCUT2D eigenvalue weighted by molar-refractivity contribution is 9.10. The molecule has 0 aliphatic carbocycles. The van der Waals surface area contributed by atoms with Gasteiger partial charge in [0.05, 0.1) is 17.9 Å². The van der Waals surface area contributed by atoms with Crippen molar-refractivity contribution in [3.8, 4) is 22.7 Å². The van der Waals surface area contributed by atoms with Crippen molar-refractivity contribution in [2.24, 2.45) is 0 Å². The number of rotatable bonds is 7. The van der Waals surface area contributed by atoms with Gasteiger partial charge in [0.25, 0.3) is 0 Å². The third-order valence-corrected chi connectivity index (χ3v) is 5.96. The first-order valence-electron chi connectivity index (χ1n) is 10.6. The summed E-state index contributed by atoms with van der Waals surface area (Å²) in [6.45, 7) is 4.59. The molecule has 4 nitrogen and oxygen atoms in total. The summed E-state index contributed by atoms with van der Waals surface area (Å²) in [5, 5.41) is 0.696. The van der Waals surface area contributed by atoms with E-state index in [0.29, 0.717) is 23.8 Å². The second-order valence-electron chi connectivity index (χ2n) is 7.52. The van der Waals surface area contributed by atoms with Crippen LogP contribution in [-0.2, 0) is 11.3 Å². The average Bonchev–Trinajstić information content (AvgIpc) is 3.20. The summed E-state index contributed by atoms with van der Waals surface area (Å²) in [5.74, 6) is 0.425. The molecule has 3 aromatic carbocycles. The number of carbonyl (C=O) groups excluding carboxylic acids is 1. The Morgan fingerprint density at radius 1 is 1.00 bits per heavy atom. The smallest absolute Gasteiger partial charge is 0.338 e. The SMILES string of the molecule is CCOC(=O)c1cccc(-n2c(C)ccc2-c2cc(Br)ccc2OCc2ccc(Cl)cc2)c1. The maximum absolute atomic E-state index is 12.3. The molecule has 0 fully saturated rings. The van der Waals surface area contributed by atoms with Gasteiger partial charge in [-0.25, -0.2) is 4.79 Å². The van der Waals surface area contributed by atoms with E-state index in [2.05, 4.69) is 32.6 Å². The molecular formula is C27H23BrClNO3. The molecule has 0 amide bonds. The van der Waals surface area contributed by atoms with E-state index in [1.165, 1.54) is 0 Å². The Morgan fingerprint density at radius 2 is 1.79 bits per heavy atom. The van der Waals surface area contributed by atoms with Gasteiger partial charge in [0, 0.05) is 26.4 Å². The Hall–Kier alpha value is -3.02. The molecule has 0 N–H and O–H groups in total. The lowest BCUT2D eigenvalue weighted by Gasteiger charge is -2.17. The molecule has 0 saturated carbocycles. The molecule has 0 unspecified atom stereocenters. The molecule has 0 bridgehead atoms. The van der Waals surface area contributed by atoms with Crippen LogP contribution in [0, 0.1) is 6.92 Å². The van der Waals surface area contributed by atoms with Gasteiger partial charge in [0.15, 0.2) is 0 Å². The zero-order valence-corrected chi connectivity index (χ0v) is 20.7. The number of hydrogen-bond acceptors (Lipinski definition) is 3. The van der Waals surface area contributed by atoms with Crippen LogP contribution in [0.5, 0.6) is 5.75 Å². The minimum atomic E-state index is -0.333. The van der Waals surface area contributed by atoms with Crippen molar-refractivity contribution in [1.29, 1.82) is 0 Å². The van der Waals surface area contributed by atoms with E-state index in [1.807, 2.05) is 67.6 Å². The summed E-state index contributed by atoms with van der Waals surface area (Å²) < 4.78 is 14.5. The molecule has 6 heteroatoms. The van der Waals surface area contributed by atoms with Gasteiger partial charge in [-0.15, -0.1) is 0 Å². The Balaban J connectivity index is 1.72. The Morgan fingerprint density at radius 3 is 2.55 bits per heavy atom. The number of hydrogen-bond donors (Lipinski definition) is 0. The first-order chi connectivity index (χ1) is 16.0. The standard InChI is InChI=1S/C27H23BrClNO3/c1-3-32-27(31)20-5-4-6-23(15-20)30-18(2)7-13-25(30)24-16-21(28)10-14-26(24)33-17-19-8-11-22(29)12-9-19/h4-16H,3,17H2,1-2H3. The number of aromatic nitrogens is 1. The minimum Gasteiger partial charge on any atom is -0.488 e. The van der Waals surface area contributed by atoms with Crippen LogP contribution in [0.1, 0.15) is 28.5 Å². The zero-order valence-electron chi connectivity index (χ0n) is 18.3. The zero-order chi connectivity index (χ0) is 23.4. The van der Waals surface area contributed by atoms with E-state index in [-0.39, 0.29) is 5.97 Å². The predicted molar refractivity (Wildman–Crippen MR) is 135 cm³/mol. The summed E-state index contributed by atoms with van der Waals surface area (Å²) >= 11 is 9.59. The van der Waals surface area contributed by atoms with Gasteiger partial charge in [-0.3, -0.25) is 0 Å². The molecule has 1 heterocycles. The third-order valence-electron chi connectivity index (χ3n) is 5.22. The van der Waals surface area contributed by atoms with Crippen LogP contribution in [0.15, 0.2) is 83.3 Å². The first-order valence-corrected chi connectivity index (χ1v) is 11.8. The number of carbonyl (C=O) groups is 1. The normalized spacial score (nSPS) is 10.8. The van der Waals surface area contributed by atoms with Crippen molar-refractivity contribution < 1.29 is 14.3 Å². The van der Waals surface area contributed by atoms with Gasteiger partial charge >= 0.3 is 5.97 Å². The quantitative estimate of drug-likeness (QED) is 0.233. The lowest BCUT2D eigenvalue weighted by atomic mass is 10.1. The molecule has 0 radical (unpaired) electrons. The van der Waals surface area contributed by atoms with Gasteiger partial charge in [-0.1, -0.05) is 45.7 Å². The highest BCUT2D eigenvalue weighted by Crippen LogP contribution is 2.36. The van der Waals surface area contributed by atoms with Gasteiger partial charge in [-0.05, 0) is 80.1 Å². The van der Waals surface area contributed by atoms with Crippen LogP contribution in [0.3, 0.4) is 0 Å². The van der Waals surface area contributed by atoms with Gasteiger partial charge in [0.2, 0.25) is 0 Å². The number of nitrogens with zero attached hydrogens (tertiary/aromatic N) is 1. The highest BCUT2D eigenvalue weighted by atomic mass is 79.9. The topological polar surface area (TPSA) is 40.5 Å². The molecule has 4 aromatic rings. The van der Waals surface area contributed by atoms with E-state index in [1.54, 1.807) is 13.0 Å². The lowest BCUT2D eigenvalue weighted by molar-refractivity contribution is 0.0526. The molecule has 0 aliphatic heterocycles. The maximum atomic E-state index is 12.3. The molecule has 33 heavy (non-hydrogen) atoms. The van der Waals surface area contributed by atoms with Crippen molar-refractivity contribution in [1.82, 2.24) is 4.57 Å². The van der Waals surface area contributed by atoms with Crippen molar-refractivity contribution in [2.75, 3.05) is 6.61 Å². The molecule has 168 valence electrons. The summed E-state index contributed by atoms with van der Waals surface area (Å²) in [6.07, 6.45) is 0. The van der Waals surface area contributed by atoms with Crippen molar-refractivity contribution in [3.63, 3.8) is 0 Å². The van der Waals surface area contributed by atoms with Crippen LogP contribution in [0.25, 0.3) is 16.9 Å². The van der Waals surface area contributed by atoms with E-state index in [4.69, 9.17) is 21.1 Å². The fraction of sp³-hybridized carbons (Fsp3) is 0.148. The third kappa shape index (κ3) is 5.32. The van der Waals surface area contributed by atoms with Crippen molar-refractivity contribution in [2.45, 2.75) is 20.5 Å². The van der Waals surface area contributed by atoms with Crippen molar-refractivity contribution in [3.05, 3.63) is 105 Å². The van der Waals surface area contributed by atoms with Crippen LogP contribution in [0.2, 0.25) is 5.02 Å².